The zero-order valence-electron chi connectivity index (χ0n) is 16.1. The first-order valence-corrected chi connectivity index (χ1v) is 8.95. The highest BCUT2D eigenvalue weighted by atomic mass is 16.5. The number of nitrogens with one attached hydrogen (secondary N) is 2. The number of hydrogen-bond acceptors (Lipinski definition) is 5. The molecule has 3 rings (SSSR count). The molecule has 0 saturated carbocycles. The van der Waals surface area contributed by atoms with E-state index in [0.29, 0.717) is 24.5 Å². The standard InChI is InChI=1S/C19H23N5O4/c1-12-10-13(2)23(22-12)9-8-20-17(25)11-16-18(26)24(19(27)21-16)14-4-6-15(28-3)7-5-14/h4-7,10,16H,8-9,11H2,1-3H3,(H,20,25)(H,21,27). The molecule has 28 heavy (non-hydrogen) atoms. The molecule has 0 bridgehead atoms. The Morgan fingerprint density at radius 1 is 1.25 bits per heavy atom. The zero-order valence-corrected chi connectivity index (χ0v) is 16.1. The van der Waals surface area contributed by atoms with Crippen LogP contribution in [0.4, 0.5) is 10.5 Å². The van der Waals surface area contributed by atoms with Crippen molar-refractivity contribution in [3.8, 4) is 5.75 Å². The van der Waals surface area contributed by atoms with Crippen LogP contribution in [0.15, 0.2) is 30.3 Å². The molecule has 2 aromatic rings. The summed E-state index contributed by atoms with van der Waals surface area (Å²) < 4.78 is 6.88. The van der Waals surface area contributed by atoms with E-state index in [9.17, 15) is 14.4 Å². The largest absolute Gasteiger partial charge is 0.497 e. The van der Waals surface area contributed by atoms with Crippen molar-refractivity contribution in [2.75, 3.05) is 18.6 Å². The van der Waals surface area contributed by atoms with E-state index >= 15 is 0 Å². The maximum Gasteiger partial charge on any atom is 0.329 e. The molecule has 1 aliphatic rings. The Morgan fingerprint density at radius 2 is 1.96 bits per heavy atom. The highest BCUT2D eigenvalue weighted by Crippen LogP contribution is 2.23. The van der Waals surface area contributed by atoms with Gasteiger partial charge in [-0.3, -0.25) is 14.3 Å². The van der Waals surface area contributed by atoms with Crippen molar-refractivity contribution >= 4 is 23.5 Å². The third-order valence-electron chi connectivity index (χ3n) is 4.49. The molecule has 1 atom stereocenters. The normalized spacial score (nSPS) is 16.2. The molecular weight excluding hydrogens is 362 g/mol. The first-order chi connectivity index (χ1) is 13.4. The van der Waals surface area contributed by atoms with Crippen LogP contribution in [0.25, 0.3) is 0 Å². The van der Waals surface area contributed by atoms with E-state index < -0.39 is 18.0 Å². The predicted octanol–water partition coefficient (Wildman–Crippen LogP) is 1.14. The number of benzene rings is 1. The molecule has 9 nitrogen and oxygen atoms in total. The maximum absolute atomic E-state index is 12.6. The van der Waals surface area contributed by atoms with Gasteiger partial charge in [-0.1, -0.05) is 0 Å². The lowest BCUT2D eigenvalue weighted by molar-refractivity contribution is -0.125. The number of ether oxygens (including phenoxy) is 1. The Labute approximate surface area is 162 Å². The van der Waals surface area contributed by atoms with Gasteiger partial charge in [0.1, 0.15) is 11.8 Å². The van der Waals surface area contributed by atoms with E-state index in [0.717, 1.165) is 16.3 Å². The fourth-order valence-corrected chi connectivity index (χ4v) is 3.11. The van der Waals surface area contributed by atoms with Gasteiger partial charge in [-0.05, 0) is 44.2 Å². The molecule has 0 spiro atoms. The first kappa shape index (κ1) is 19.4. The highest BCUT2D eigenvalue weighted by Gasteiger charge is 2.39. The number of rotatable bonds is 7. The molecule has 1 fully saturated rings. The van der Waals surface area contributed by atoms with Crippen molar-refractivity contribution < 1.29 is 19.1 Å². The predicted molar refractivity (Wildman–Crippen MR) is 102 cm³/mol. The van der Waals surface area contributed by atoms with Gasteiger partial charge in [0.05, 0.1) is 31.5 Å². The van der Waals surface area contributed by atoms with Gasteiger partial charge < -0.3 is 15.4 Å². The van der Waals surface area contributed by atoms with E-state index in [1.807, 2.05) is 24.6 Å². The molecule has 148 valence electrons. The second-order valence-electron chi connectivity index (χ2n) is 6.58. The van der Waals surface area contributed by atoms with Crippen LogP contribution in [-0.2, 0) is 16.1 Å². The minimum absolute atomic E-state index is 0.117. The molecule has 0 aliphatic carbocycles. The fraction of sp³-hybridized carbons (Fsp3) is 0.368. The number of nitrogens with zero attached hydrogens (tertiary/aromatic N) is 3. The van der Waals surface area contributed by atoms with E-state index in [1.165, 1.54) is 7.11 Å². The van der Waals surface area contributed by atoms with Crippen LogP contribution in [0.2, 0.25) is 0 Å². The van der Waals surface area contributed by atoms with Gasteiger partial charge >= 0.3 is 6.03 Å². The van der Waals surface area contributed by atoms with E-state index in [1.54, 1.807) is 24.3 Å². The van der Waals surface area contributed by atoms with Gasteiger partial charge in [0.15, 0.2) is 0 Å². The van der Waals surface area contributed by atoms with Crippen molar-refractivity contribution in [3.05, 3.63) is 41.7 Å². The number of carbonyl (C=O) groups is 3. The summed E-state index contributed by atoms with van der Waals surface area (Å²) in [5.74, 6) is -0.144. The Hall–Kier alpha value is -3.36. The number of imide groups is 1. The van der Waals surface area contributed by atoms with Gasteiger partial charge in [0.2, 0.25) is 5.91 Å². The summed E-state index contributed by atoms with van der Waals surface area (Å²) in [6.07, 6.45) is -0.117. The third kappa shape index (κ3) is 4.13. The number of aryl methyl sites for hydroxylation is 2. The average Bonchev–Trinajstić information content (AvgIpc) is 3.12. The van der Waals surface area contributed by atoms with Crippen molar-refractivity contribution in [2.45, 2.75) is 32.9 Å². The second kappa shape index (κ2) is 8.12. The minimum Gasteiger partial charge on any atom is -0.497 e. The SMILES string of the molecule is COc1ccc(N2C(=O)NC(CC(=O)NCCn3nc(C)cc3C)C2=O)cc1. The van der Waals surface area contributed by atoms with Crippen molar-refractivity contribution in [3.63, 3.8) is 0 Å². The number of hydrogen-bond donors (Lipinski definition) is 2. The summed E-state index contributed by atoms with van der Waals surface area (Å²) in [4.78, 5) is 38.0. The monoisotopic (exact) mass is 385 g/mol. The molecule has 9 heteroatoms. The number of aromatic nitrogens is 2. The van der Waals surface area contributed by atoms with Crippen LogP contribution in [0.3, 0.4) is 0 Å². The van der Waals surface area contributed by atoms with Crippen LogP contribution >= 0.6 is 0 Å². The molecule has 1 unspecified atom stereocenters. The van der Waals surface area contributed by atoms with Gasteiger partial charge in [-0.15, -0.1) is 0 Å². The first-order valence-electron chi connectivity index (χ1n) is 8.95. The van der Waals surface area contributed by atoms with Crippen LogP contribution in [-0.4, -0.2) is 47.3 Å². The minimum atomic E-state index is -0.886. The van der Waals surface area contributed by atoms with Crippen LogP contribution in [0.5, 0.6) is 5.75 Å². The van der Waals surface area contributed by atoms with Crippen molar-refractivity contribution in [1.29, 1.82) is 0 Å². The maximum atomic E-state index is 12.6. The number of anilines is 1. The number of urea groups is 1. The Balaban J connectivity index is 1.54. The average molecular weight is 385 g/mol. The Kier molecular flexibility index (Phi) is 5.62. The lowest BCUT2D eigenvalue weighted by Gasteiger charge is -2.13. The summed E-state index contributed by atoms with van der Waals surface area (Å²) in [6.45, 7) is 4.78. The number of carbonyl (C=O) groups excluding carboxylic acids is 3. The van der Waals surface area contributed by atoms with Gasteiger partial charge in [0.25, 0.3) is 5.91 Å². The zero-order chi connectivity index (χ0) is 20.3. The van der Waals surface area contributed by atoms with Gasteiger partial charge in [-0.25, -0.2) is 9.69 Å². The molecule has 1 aromatic heterocycles. The topological polar surface area (TPSA) is 106 Å². The summed E-state index contributed by atoms with van der Waals surface area (Å²) in [6, 6.07) is 7.09. The Morgan fingerprint density at radius 3 is 2.57 bits per heavy atom. The van der Waals surface area contributed by atoms with Crippen molar-refractivity contribution in [2.24, 2.45) is 0 Å². The molecule has 1 aromatic carbocycles. The van der Waals surface area contributed by atoms with Crippen LogP contribution in [0.1, 0.15) is 17.8 Å². The summed E-state index contributed by atoms with van der Waals surface area (Å²) in [7, 11) is 1.53. The highest BCUT2D eigenvalue weighted by molar-refractivity contribution is 6.22. The van der Waals surface area contributed by atoms with Crippen LogP contribution in [0, 0.1) is 13.8 Å². The Bertz CT molecular complexity index is 890. The third-order valence-corrected chi connectivity index (χ3v) is 4.49. The van der Waals surface area contributed by atoms with E-state index in [-0.39, 0.29) is 12.3 Å². The van der Waals surface area contributed by atoms with E-state index in [4.69, 9.17) is 4.74 Å². The molecule has 2 heterocycles. The summed E-state index contributed by atoms with van der Waals surface area (Å²) >= 11 is 0. The molecule has 1 saturated heterocycles. The quantitative estimate of drug-likeness (QED) is 0.696. The molecule has 4 amide bonds. The van der Waals surface area contributed by atoms with Crippen molar-refractivity contribution in [1.82, 2.24) is 20.4 Å². The fourth-order valence-electron chi connectivity index (χ4n) is 3.11. The molecular formula is C19H23N5O4. The van der Waals surface area contributed by atoms with Gasteiger partial charge in [-0.2, -0.15) is 5.10 Å². The van der Waals surface area contributed by atoms with Gasteiger partial charge in [0, 0.05) is 12.2 Å². The summed E-state index contributed by atoms with van der Waals surface area (Å²) in [5.41, 5.74) is 2.36. The second-order valence-corrected chi connectivity index (χ2v) is 6.58. The van der Waals surface area contributed by atoms with E-state index in [2.05, 4.69) is 15.7 Å². The lowest BCUT2D eigenvalue weighted by Crippen LogP contribution is -2.37. The smallest absolute Gasteiger partial charge is 0.329 e. The lowest BCUT2D eigenvalue weighted by atomic mass is 10.2. The van der Waals surface area contributed by atoms with Crippen LogP contribution < -0.4 is 20.3 Å². The molecule has 1 aliphatic heterocycles. The molecule has 2 N–H and O–H groups in total. The number of amides is 4. The number of methoxy groups -OCH3 is 1. The molecule has 0 radical (unpaired) electrons. The summed E-state index contributed by atoms with van der Waals surface area (Å²) in [5, 5.41) is 9.65.